The number of benzene rings is 3. The predicted molar refractivity (Wildman–Crippen MR) is 160 cm³/mol. The number of nitrogens with zero attached hydrogens (tertiary/aromatic N) is 2. The zero-order valence-corrected chi connectivity index (χ0v) is 24.8. The highest BCUT2D eigenvalue weighted by Gasteiger charge is 2.34. The summed E-state index contributed by atoms with van der Waals surface area (Å²) in [6.45, 7) is 3.19. The molecule has 0 saturated heterocycles. The van der Waals surface area contributed by atoms with E-state index >= 15 is 0 Å². The van der Waals surface area contributed by atoms with Crippen molar-refractivity contribution in [1.82, 2.24) is 10.2 Å². The van der Waals surface area contributed by atoms with Gasteiger partial charge in [-0.25, -0.2) is 8.42 Å². The van der Waals surface area contributed by atoms with Gasteiger partial charge in [-0.15, -0.1) is 0 Å². The molecule has 9 heteroatoms. The Labute approximate surface area is 243 Å². The molecule has 0 unspecified atom stereocenters. The lowest BCUT2D eigenvalue weighted by molar-refractivity contribution is -0.139. The number of ether oxygens (including phenoxy) is 1. The number of carbonyl (C=O) groups is 2. The molecule has 8 nitrogen and oxygen atoms in total. The van der Waals surface area contributed by atoms with Crippen LogP contribution in [-0.4, -0.2) is 50.9 Å². The maximum Gasteiger partial charge on any atom is 0.264 e. The minimum Gasteiger partial charge on any atom is -0.495 e. The lowest BCUT2D eigenvalue weighted by Gasteiger charge is -2.33. The molecule has 0 bridgehead atoms. The molecular weight excluding hydrogens is 538 g/mol. The molecule has 0 aliphatic heterocycles. The van der Waals surface area contributed by atoms with Gasteiger partial charge < -0.3 is 15.0 Å². The van der Waals surface area contributed by atoms with Crippen LogP contribution in [0.5, 0.6) is 5.75 Å². The average Bonchev–Trinajstić information content (AvgIpc) is 2.99. The lowest BCUT2D eigenvalue weighted by atomic mass is 9.95. The van der Waals surface area contributed by atoms with E-state index in [0.717, 1.165) is 47.5 Å². The minimum absolute atomic E-state index is 0.0501. The van der Waals surface area contributed by atoms with Gasteiger partial charge in [-0.3, -0.25) is 13.9 Å². The van der Waals surface area contributed by atoms with Gasteiger partial charge in [-0.2, -0.15) is 0 Å². The van der Waals surface area contributed by atoms with Crippen LogP contribution < -0.4 is 14.4 Å². The summed E-state index contributed by atoms with van der Waals surface area (Å²) >= 11 is 0. The van der Waals surface area contributed by atoms with Crippen molar-refractivity contribution >= 4 is 27.5 Å². The number of hydrogen-bond acceptors (Lipinski definition) is 5. The van der Waals surface area contributed by atoms with Gasteiger partial charge in [0.25, 0.3) is 10.0 Å². The molecule has 2 amide bonds. The van der Waals surface area contributed by atoms with E-state index < -0.39 is 28.5 Å². The van der Waals surface area contributed by atoms with Crippen molar-refractivity contribution in [3.05, 3.63) is 90.0 Å². The molecule has 0 aromatic heterocycles. The smallest absolute Gasteiger partial charge is 0.264 e. The van der Waals surface area contributed by atoms with Crippen LogP contribution >= 0.6 is 0 Å². The van der Waals surface area contributed by atoms with Crippen LogP contribution in [0.25, 0.3) is 0 Å². The molecule has 4 rings (SSSR count). The number of anilines is 1. The zero-order valence-electron chi connectivity index (χ0n) is 24.0. The van der Waals surface area contributed by atoms with E-state index in [-0.39, 0.29) is 29.1 Å². The Balaban J connectivity index is 1.70. The van der Waals surface area contributed by atoms with E-state index in [1.165, 1.54) is 24.1 Å². The van der Waals surface area contributed by atoms with E-state index in [1.807, 2.05) is 43.3 Å². The summed E-state index contributed by atoms with van der Waals surface area (Å²) in [7, 11) is -2.71. The second-order valence-corrected chi connectivity index (χ2v) is 12.4. The summed E-state index contributed by atoms with van der Waals surface area (Å²) in [5.74, 6) is -0.421. The highest BCUT2D eigenvalue weighted by atomic mass is 32.2. The van der Waals surface area contributed by atoms with Crippen LogP contribution in [0, 0.1) is 6.92 Å². The Kier molecular flexibility index (Phi) is 10.0. The summed E-state index contributed by atoms with van der Waals surface area (Å²) < 4.78 is 34.6. The first-order chi connectivity index (χ1) is 19.7. The van der Waals surface area contributed by atoms with Gasteiger partial charge in [0.05, 0.1) is 17.7 Å². The summed E-state index contributed by atoms with van der Waals surface area (Å²) in [5.41, 5.74) is 1.90. The molecule has 41 heavy (non-hydrogen) atoms. The number of amides is 2. The fourth-order valence-electron chi connectivity index (χ4n) is 5.16. The molecule has 1 atom stereocenters. The molecule has 1 saturated carbocycles. The van der Waals surface area contributed by atoms with Crippen LogP contribution in [0.2, 0.25) is 0 Å². The van der Waals surface area contributed by atoms with Gasteiger partial charge >= 0.3 is 0 Å². The predicted octanol–water partition coefficient (Wildman–Crippen LogP) is 5.07. The minimum atomic E-state index is -4.17. The number of aryl methyl sites for hydroxylation is 1. The van der Waals surface area contributed by atoms with Crippen LogP contribution in [0.1, 0.15) is 50.2 Å². The van der Waals surface area contributed by atoms with Crippen molar-refractivity contribution in [1.29, 1.82) is 0 Å². The monoisotopic (exact) mass is 577 g/mol. The Morgan fingerprint density at radius 1 is 0.951 bits per heavy atom. The molecule has 1 fully saturated rings. The number of nitrogens with one attached hydrogen (secondary N) is 1. The van der Waals surface area contributed by atoms with E-state index in [9.17, 15) is 18.0 Å². The van der Waals surface area contributed by atoms with Crippen molar-refractivity contribution in [2.45, 2.75) is 69.5 Å². The Hall–Kier alpha value is -3.85. The number of methoxy groups -OCH3 is 1. The Bertz CT molecular complexity index is 1420. The molecule has 218 valence electrons. The first-order valence-corrected chi connectivity index (χ1v) is 15.5. The van der Waals surface area contributed by atoms with Gasteiger partial charge in [0, 0.05) is 12.6 Å². The number of rotatable bonds is 11. The molecule has 3 aromatic rings. The van der Waals surface area contributed by atoms with Crippen molar-refractivity contribution in [2.75, 3.05) is 18.0 Å². The normalized spacial score (nSPS) is 14.6. The van der Waals surface area contributed by atoms with E-state index in [0.29, 0.717) is 5.75 Å². The summed E-state index contributed by atoms with van der Waals surface area (Å²) in [6.07, 6.45) is 5.13. The first-order valence-electron chi connectivity index (χ1n) is 14.1. The van der Waals surface area contributed by atoms with Crippen LogP contribution in [-0.2, 0) is 26.2 Å². The van der Waals surface area contributed by atoms with E-state index in [4.69, 9.17) is 4.74 Å². The zero-order chi connectivity index (χ0) is 29.4. The van der Waals surface area contributed by atoms with E-state index in [2.05, 4.69) is 5.32 Å². The Morgan fingerprint density at radius 2 is 1.59 bits per heavy atom. The van der Waals surface area contributed by atoms with Gasteiger partial charge in [0.2, 0.25) is 11.8 Å². The molecule has 0 heterocycles. The quantitative estimate of drug-likeness (QED) is 0.344. The van der Waals surface area contributed by atoms with Crippen molar-refractivity contribution < 1.29 is 22.7 Å². The fourth-order valence-corrected chi connectivity index (χ4v) is 6.60. The van der Waals surface area contributed by atoms with Crippen molar-refractivity contribution in [2.24, 2.45) is 0 Å². The van der Waals surface area contributed by atoms with Gasteiger partial charge in [0.1, 0.15) is 18.3 Å². The average molecular weight is 578 g/mol. The Morgan fingerprint density at radius 3 is 2.22 bits per heavy atom. The largest absolute Gasteiger partial charge is 0.495 e. The van der Waals surface area contributed by atoms with Crippen molar-refractivity contribution in [3.8, 4) is 5.75 Å². The third-order valence-electron chi connectivity index (χ3n) is 7.53. The number of hydrogen-bond donors (Lipinski definition) is 1. The van der Waals surface area contributed by atoms with Crippen LogP contribution in [0.15, 0.2) is 83.8 Å². The molecule has 3 aromatic carbocycles. The topological polar surface area (TPSA) is 96.0 Å². The van der Waals surface area contributed by atoms with Crippen LogP contribution in [0.3, 0.4) is 0 Å². The van der Waals surface area contributed by atoms with E-state index in [1.54, 1.807) is 37.3 Å². The SMILES string of the molecule is COc1ccc(C)cc1N(CC(=O)N(Cc1ccccc1)[C@H](C)C(=O)NC1CCCCC1)S(=O)(=O)c1ccccc1. The summed E-state index contributed by atoms with van der Waals surface area (Å²) in [6, 6.07) is 21.8. The molecule has 0 spiro atoms. The second kappa shape index (κ2) is 13.7. The highest BCUT2D eigenvalue weighted by molar-refractivity contribution is 7.92. The van der Waals surface area contributed by atoms with Gasteiger partial charge in [0.15, 0.2) is 0 Å². The maximum absolute atomic E-state index is 14.1. The molecule has 0 radical (unpaired) electrons. The lowest BCUT2D eigenvalue weighted by Crippen LogP contribution is -2.53. The first kappa shape index (κ1) is 30.1. The third kappa shape index (κ3) is 7.47. The molecule has 1 aliphatic rings. The molecule has 1 aliphatic carbocycles. The number of carbonyl (C=O) groups excluding carboxylic acids is 2. The molecule has 1 N–H and O–H groups in total. The third-order valence-corrected chi connectivity index (χ3v) is 9.30. The summed E-state index contributed by atoms with van der Waals surface area (Å²) in [4.78, 5) is 29.1. The van der Waals surface area contributed by atoms with Crippen LogP contribution in [0.4, 0.5) is 5.69 Å². The number of sulfonamides is 1. The standard InChI is InChI=1S/C32H39N3O5S/c1-24-19-20-30(40-3)29(21-24)35(41(38,39)28-17-11-6-12-18-28)23-31(36)34(22-26-13-7-4-8-14-26)25(2)32(37)33-27-15-9-5-10-16-27/h4,6-8,11-14,17-21,25,27H,5,9-10,15-16,22-23H2,1-3H3,(H,33,37)/t25-/m1/s1. The summed E-state index contributed by atoms with van der Waals surface area (Å²) in [5, 5.41) is 3.12. The highest BCUT2D eigenvalue weighted by Crippen LogP contribution is 2.33. The molecular formula is C32H39N3O5S. The second-order valence-electron chi connectivity index (χ2n) is 10.5. The van der Waals surface area contributed by atoms with Gasteiger partial charge in [-0.05, 0) is 62.1 Å². The van der Waals surface area contributed by atoms with Crippen molar-refractivity contribution in [3.63, 3.8) is 0 Å². The maximum atomic E-state index is 14.1. The van der Waals surface area contributed by atoms with Gasteiger partial charge in [-0.1, -0.05) is 73.9 Å². The fraction of sp³-hybridized carbons (Fsp3) is 0.375.